The SMILES string of the molecule is CCNC(=NCC(C)C(=O)OC)N1CCSC(C)(C)C1.I. The maximum Gasteiger partial charge on any atom is 0.310 e. The molecule has 0 radical (unpaired) electrons. The minimum absolute atomic E-state index is 0. The highest BCUT2D eigenvalue weighted by Gasteiger charge is 2.28. The van der Waals surface area contributed by atoms with Crippen molar-refractivity contribution in [3.63, 3.8) is 0 Å². The molecular formula is C14H28IN3O2S. The zero-order valence-electron chi connectivity index (χ0n) is 13.6. The normalized spacial score (nSPS) is 19.5. The van der Waals surface area contributed by atoms with Crippen LogP contribution in [-0.2, 0) is 9.53 Å². The molecule has 124 valence electrons. The van der Waals surface area contributed by atoms with Crippen LogP contribution in [0.5, 0.6) is 0 Å². The average molecular weight is 429 g/mol. The predicted octanol–water partition coefficient (Wildman–Crippen LogP) is 2.21. The van der Waals surface area contributed by atoms with Gasteiger partial charge in [-0.3, -0.25) is 9.79 Å². The molecule has 1 N–H and O–H groups in total. The van der Waals surface area contributed by atoms with Crippen LogP contribution in [0, 0.1) is 5.92 Å². The van der Waals surface area contributed by atoms with Crippen LogP contribution in [0.1, 0.15) is 27.7 Å². The molecule has 1 fully saturated rings. The van der Waals surface area contributed by atoms with Crippen molar-refractivity contribution in [1.29, 1.82) is 0 Å². The van der Waals surface area contributed by atoms with Gasteiger partial charge in [0.1, 0.15) is 0 Å². The summed E-state index contributed by atoms with van der Waals surface area (Å²) in [7, 11) is 1.41. The fraction of sp³-hybridized carbons (Fsp3) is 0.857. The first-order chi connectivity index (χ1) is 9.39. The van der Waals surface area contributed by atoms with E-state index in [2.05, 4.69) is 36.0 Å². The minimum atomic E-state index is -0.209. The van der Waals surface area contributed by atoms with Crippen LogP contribution in [-0.4, -0.2) is 60.6 Å². The molecule has 1 atom stereocenters. The molecule has 0 spiro atoms. The highest BCUT2D eigenvalue weighted by Crippen LogP contribution is 2.29. The van der Waals surface area contributed by atoms with Gasteiger partial charge in [0.25, 0.3) is 0 Å². The Morgan fingerprint density at radius 1 is 1.52 bits per heavy atom. The molecule has 21 heavy (non-hydrogen) atoms. The number of thioether (sulfide) groups is 1. The van der Waals surface area contributed by atoms with E-state index >= 15 is 0 Å². The van der Waals surface area contributed by atoms with Gasteiger partial charge in [-0.05, 0) is 20.8 Å². The van der Waals surface area contributed by atoms with Crippen LogP contribution in [0.25, 0.3) is 0 Å². The minimum Gasteiger partial charge on any atom is -0.469 e. The van der Waals surface area contributed by atoms with E-state index in [9.17, 15) is 4.79 Å². The zero-order valence-corrected chi connectivity index (χ0v) is 16.8. The van der Waals surface area contributed by atoms with Crippen molar-refractivity contribution >= 4 is 47.7 Å². The molecular weight excluding hydrogens is 401 g/mol. The van der Waals surface area contributed by atoms with Gasteiger partial charge in [-0.2, -0.15) is 11.8 Å². The molecule has 1 rings (SSSR count). The number of methoxy groups -OCH3 is 1. The van der Waals surface area contributed by atoms with Crippen molar-refractivity contribution in [2.75, 3.05) is 39.0 Å². The first-order valence-electron chi connectivity index (χ1n) is 7.14. The largest absolute Gasteiger partial charge is 0.469 e. The molecule has 1 unspecified atom stereocenters. The topological polar surface area (TPSA) is 53.9 Å². The molecule has 0 saturated carbocycles. The van der Waals surface area contributed by atoms with E-state index in [4.69, 9.17) is 4.74 Å². The Morgan fingerprint density at radius 3 is 2.71 bits per heavy atom. The van der Waals surface area contributed by atoms with Crippen molar-refractivity contribution in [3.05, 3.63) is 0 Å². The molecule has 0 bridgehead atoms. The highest BCUT2D eigenvalue weighted by molar-refractivity contribution is 14.0. The summed E-state index contributed by atoms with van der Waals surface area (Å²) in [5.41, 5.74) is 0. The van der Waals surface area contributed by atoms with Crippen LogP contribution >= 0.6 is 35.7 Å². The quantitative estimate of drug-likeness (QED) is 0.322. The number of esters is 1. The summed E-state index contributed by atoms with van der Waals surface area (Å²) in [5, 5.41) is 3.32. The van der Waals surface area contributed by atoms with E-state index in [-0.39, 0.29) is 40.6 Å². The van der Waals surface area contributed by atoms with E-state index in [1.165, 1.54) is 7.11 Å². The lowest BCUT2D eigenvalue weighted by Gasteiger charge is -2.39. The Morgan fingerprint density at radius 2 is 2.19 bits per heavy atom. The van der Waals surface area contributed by atoms with Gasteiger partial charge in [0.2, 0.25) is 0 Å². The number of hydrogen-bond donors (Lipinski definition) is 1. The van der Waals surface area contributed by atoms with Crippen LogP contribution in [0.4, 0.5) is 0 Å². The second-order valence-corrected chi connectivity index (χ2v) is 7.45. The molecule has 0 aromatic heterocycles. The van der Waals surface area contributed by atoms with E-state index < -0.39 is 0 Å². The summed E-state index contributed by atoms with van der Waals surface area (Å²) in [4.78, 5) is 18.3. The molecule has 7 heteroatoms. The number of halogens is 1. The smallest absolute Gasteiger partial charge is 0.310 e. The third-order valence-electron chi connectivity index (χ3n) is 3.18. The van der Waals surface area contributed by atoms with Gasteiger partial charge >= 0.3 is 5.97 Å². The summed E-state index contributed by atoms with van der Waals surface area (Å²) in [6.45, 7) is 11.7. The molecule has 1 aliphatic heterocycles. The molecule has 0 aliphatic carbocycles. The van der Waals surface area contributed by atoms with E-state index in [0.29, 0.717) is 6.54 Å². The Kier molecular flexibility index (Phi) is 9.68. The summed E-state index contributed by atoms with van der Waals surface area (Å²) in [6.07, 6.45) is 0. The zero-order chi connectivity index (χ0) is 15.2. The summed E-state index contributed by atoms with van der Waals surface area (Å²) in [5.74, 6) is 1.58. The van der Waals surface area contributed by atoms with Crippen molar-refractivity contribution < 1.29 is 9.53 Å². The molecule has 0 amide bonds. The lowest BCUT2D eigenvalue weighted by atomic mass is 10.2. The first-order valence-corrected chi connectivity index (χ1v) is 8.13. The van der Waals surface area contributed by atoms with Gasteiger partial charge in [-0.25, -0.2) is 0 Å². The third kappa shape index (κ3) is 7.08. The van der Waals surface area contributed by atoms with Gasteiger partial charge in [0.15, 0.2) is 5.96 Å². The lowest BCUT2D eigenvalue weighted by Crippen LogP contribution is -2.51. The van der Waals surface area contributed by atoms with Crippen molar-refractivity contribution in [3.8, 4) is 0 Å². The summed E-state index contributed by atoms with van der Waals surface area (Å²) < 4.78 is 4.98. The van der Waals surface area contributed by atoms with Gasteiger partial charge in [-0.1, -0.05) is 6.92 Å². The number of rotatable bonds is 4. The Bertz CT molecular complexity index is 364. The number of nitrogens with zero attached hydrogens (tertiary/aromatic N) is 2. The Balaban J connectivity index is 0.00000400. The lowest BCUT2D eigenvalue weighted by molar-refractivity contribution is -0.144. The predicted molar refractivity (Wildman–Crippen MR) is 101 cm³/mol. The average Bonchev–Trinajstić information content (AvgIpc) is 2.40. The molecule has 0 aromatic carbocycles. The number of ether oxygens (including phenoxy) is 1. The summed E-state index contributed by atoms with van der Waals surface area (Å²) >= 11 is 1.99. The van der Waals surface area contributed by atoms with Gasteiger partial charge in [0.05, 0.1) is 19.6 Å². The molecule has 5 nitrogen and oxygen atoms in total. The van der Waals surface area contributed by atoms with Crippen molar-refractivity contribution in [2.24, 2.45) is 10.9 Å². The van der Waals surface area contributed by atoms with E-state index in [1.807, 2.05) is 18.7 Å². The van der Waals surface area contributed by atoms with Crippen LogP contribution < -0.4 is 5.32 Å². The maximum absolute atomic E-state index is 11.4. The van der Waals surface area contributed by atoms with Crippen molar-refractivity contribution in [1.82, 2.24) is 10.2 Å². The standard InChI is InChI=1S/C14H27N3O2S.HI/c1-6-15-13(16-9-11(2)12(18)19-5)17-7-8-20-14(3,4)10-17;/h11H,6-10H2,1-5H3,(H,15,16);1H. The number of nitrogens with one attached hydrogen (secondary N) is 1. The number of carbonyl (C=O) groups is 1. The van der Waals surface area contributed by atoms with Gasteiger partial charge in [0, 0.05) is 30.1 Å². The fourth-order valence-electron chi connectivity index (χ4n) is 2.12. The van der Waals surface area contributed by atoms with Crippen LogP contribution in [0.3, 0.4) is 0 Å². The van der Waals surface area contributed by atoms with Gasteiger partial charge < -0.3 is 15.0 Å². The van der Waals surface area contributed by atoms with Crippen LogP contribution in [0.15, 0.2) is 4.99 Å². The number of aliphatic imine (C=N–C) groups is 1. The highest BCUT2D eigenvalue weighted by atomic mass is 127. The van der Waals surface area contributed by atoms with Gasteiger partial charge in [-0.15, -0.1) is 24.0 Å². The third-order valence-corrected chi connectivity index (χ3v) is 4.48. The van der Waals surface area contributed by atoms with Crippen LogP contribution in [0.2, 0.25) is 0 Å². The molecule has 0 aromatic rings. The second kappa shape index (κ2) is 9.76. The number of carbonyl (C=O) groups excluding carboxylic acids is 1. The maximum atomic E-state index is 11.4. The Labute approximate surface area is 149 Å². The number of guanidine groups is 1. The second-order valence-electron chi connectivity index (χ2n) is 5.65. The molecule has 1 saturated heterocycles. The Hall–Kier alpha value is -0.180. The van der Waals surface area contributed by atoms with Crippen molar-refractivity contribution in [2.45, 2.75) is 32.4 Å². The van der Waals surface area contributed by atoms with E-state index in [0.717, 1.165) is 31.3 Å². The fourth-order valence-corrected chi connectivity index (χ4v) is 3.23. The monoisotopic (exact) mass is 429 g/mol. The number of hydrogen-bond acceptors (Lipinski definition) is 4. The van der Waals surface area contributed by atoms with E-state index in [1.54, 1.807) is 0 Å². The summed E-state index contributed by atoms with van der Waals surface area (Å²) in [6, 6.07) is 0. The molecule has 1 aliphatic rings. The molecule has 1 heterocycles. The first kappa shape index (κ1) is 20.8.